The molecule has 0 aliphatic carbocycles. The third-order valence-electron chi connectivity index (χ3n) is 2.51. The molecule has 0 saturated heterocycles. The van der Waals surface area contributed by atoms with Crippen molar-refractivity contribution in [3.05, 3.63) is 35.1 Å². The maximum atomic E-state index is 5.92. The van der Waals surface area contributed by atoms with Crippen LogP contribution in [0.25, 0.3) is 21.6 Å². The third kappa shape index (κ3) is 1.91. The summed E-state index contributed by atoms with van der Waals surface area (Å²) in [4.78, 5) is 13.6. The SMILES string of the molecule is COc1ccc(-c2nc(Cl)nc3sccc23)nc1. The number of ether oxygens (including phenoxy) is 1. The van der Waals surface area contributed by atoms with Gasteiger partial charge in [0, 0.05) is 5.39 Å². The number of aromatic nitrogens is 3. The molecule has 3 rings (SSSR count). The molecule has 0 atom stereocenters. The first kappa shape index (κ1) is 11.4. The molecule has 0 fully saturated rings. The molecule has 0 unspecified atom stereocenters. The Bertz CT molecular complexity index is 696. The van der Waals surface area contributed by atoms with Gasteiger partial charge in [0.05, 0.1) is 19.0 Å². The van der Waals surface area contributed by atoms with Crippen molar-refractivity contribution in [2.75, 3.05) is 7.11 Å². The van der Waals surface area contributed by atoms with Crippen LogP contribution < -0.4 is 4.74 Å². The van der Waals surface area contributed by atoms with Gasteiger partial charge in [-0.25, -0.2) is 9.97 Å². The first-order valence-electron chi connectivity index (χ1n) is 5.19. The molecule has 0 amide bonds. The highest BCUT2D eigenvalue weighted by Gasteiger charge is 2.11. The average Bonchev–Trinajstić information content (AvgIpc) is 2.86. The Morgan fingerprint density at radius 2 is 2.11 bits per heavy atom. The Morgan fingerprint density at radius 3 is 2.83 bits per heavy atom. The predicted molar refractivity (Wildman–Crippen MR) is 72.2 cm³/mol. The standard InChI is InChI=1S/C12H8ClN3OS/c1-17-7-2-3-9(14-6-7)10-8-4-5-18-11(8)16-12(13)15-10/h2-6H,1H3. The number of thiophene rings is 1. The van der Waals surface area contributed by atoms with E-state index in [4.69, 9.17) is 16.3 Å². The lowest BCUT2D eigenvalue weighted by molar-refractivity contribution is 0.413. The van der Waals surface area contributed by atoms with Crippen molar-refractivity contribution >= 4 is 33.2 Å². The normalized spacial score (nSPS) is 10.8. The van der Waals surface area contributed by atoms with Crippen molar-refractivity contribution in [1.29, 1.82) is 0 Å². The molecule has 6 heteroatoms. The number of hydrogen-bond donors (Lipinski definition) is 0. The summed E-state index contributed by atoms with van der Waals surface area (Å²) in [6, 6.07) is 5.67. The maximum absolute atomic E-state index is 5.92. The molecule has 0 bridgehead atoms. The van der Waals surface area contributed by atoms with Crippen LogP contribution >= 0.6 is 22.9 Å². The summed E-state index contributed by atoms with van der Waals surface area (Å²) in [5.74, 6) is 0.709. The number of nitrogens with zero attached hydrogens (tertiary/aromatic N) is 3. The van der Waals surface area contributed by atoms with Crippen molar-refractivity contribution < 1.29 is 4.74 Å². The molecule has 18 heavy (non-hydrogen) atoms. The van der Waals surface area contributed by atoms with Crippen LogP contribution in [0.4, 0.5) is 0 Å². The van der Waals surface area contributed by atoms with E-state index in [9.17, 15) is 0 Å². The Morgan fingerprint density at radius 1 is 1.22 bits per heavy atom. The third-order valence-corrected chi connectivity index (χ3v) is 3.49. The summed E-state index contributed by atoms with van der Waals surface area (Å²) in [6.07, 6.45) is 1.66. The van der Waals surface area contributed by atoms with Crippen LogP contribution in [0.5, 0.6) is 5.75 Å². The summed E-state index contributed by atoms with van der Waals surface area (Å²) in [7, 11) is 1.61. The topological polar surface area (TPSA) is 47.9 Å². The molecule has 3 heterocycles. The fraction of sp³-hybridized carbons (Fsp3) is 0.0833. The van der Waals surface area contributed by atoms with Gasteiger partial charge in [-0.1, -0.05) is 0 Å². The molecular weight excluding hydrogens is 270 g/mol. The average molecular weight is 278 g/mol. The van der Waals surface area contributed by atoms with Crippen molar-refractivity contribution in [1.82, 2.24) is 15.0 Å². The molecule has 0 N–H and O–H groups in total. The lowest BCUT2D eigenvalue weighted by Gasteiger charge is -2.03. The molecule has 4 nitrogen and oxygen atoms in total. The van der Waals surface area contributed by atoms with Crippen molar-refractivity contribution in [3.8, 4) is 17.1 Å². The largest absolute Gasteiger partial charge is 0.495 e. The highest BCUT2D eigenvalue weighted by molar-refractivity contribution is 7.16. The van der Waals surface area contributed by atoms with E-state index < -0.39 is 0 Å². The zero-order valence-corrected chi connectivity index (χ0v) is 11.0. The van der Waals surface area contributed by atoms with Gasteiger partial charge in [-0.05, 0) is 35.2 Å². The number of methoxy groups -OCH3 is 1. The van der Waals surface area contributed by atoms with Gasteiger partial charge >= 0.3 is 0 Å². The highest BCUT2D eigenvalue weighted by Crippen LogP contribution is 2.29. The smallest absolute Gasteiger partial charge is 0.224 e. The molecule has 0 saturated carbocycles. The number of fused-ring (bicyclic) bond motifs is 1. The minimum atomic E-state index is 0.234. The van der Waals surface area contributed by atoms with Gasteiger partial charge in [0.2, 0.25) is 5.28 Å². The zero-order valence-electron chi connectivity index (χ0n) is 9.42. The summed E-state index contributed by atoms with van der Waals surface area (Å²) in [5, 5.41) is 3.16. The Balaban J connectivity index is 2.20. The van der Waals surface area contributed by atoms with E-state index in [-0.39, 0.29) is 5.28 Å². The van der Waals surface area contributed by atoms with Crippen LogP contribution in [0.2, 0.25) is 5.28 Å². The lowest BCUT2D eigenvalue weighted by Crippen LogP contribution is -1.92. The van der Waals surface area contributed by atoms with Gasteiger partial charge in [-0.15, -0.1) is 11.3 Å². The van der Waals surface area contributed by atoms with E-state index in [0.29, 0.717) is 5.75 Å². The van der Waals surface area contributed by atoms with E-state index in [1.54, 1.807) is 13.3 Å². The highest BCUT2D eigenvalue weighted by atomic mass is 35.5. The number of pyridine rings is 1. The fourth-order valence-electron chi connectivity index (χ4n) is 1.67. The molecule has 90 valence electrons. The van der Waals surface area contributed by atoms with Crippen LogP contribution in [0.3, 0.4) is 0 Å². The van der Waals surface area contributed by atoms with Gasteiger partial charge in [-0.2, -0.15) is 0 Å². The quantitative estimate of drug-likeness (QED) is 0.674. The Hall–Kier alpha value is -1.72. The molecule has 3 aromatic rings. The lowest BCUT2D eigenvalue weighted by atomic mass is 10.2. The van der Waals surface area contributed by atoms with Gasteiger partial charge in [0.15, 0.2) is 0 Å². The molecule has 0 spiro atoms. The Kier molecular flexibility index (Phi) is 2.85. The van der Waals surface area contributed by atoms with E-state index in [2.05, 4.69) is 15.0 Å². The van der Waals surface area contributed by atoms with E-state index in [1.165, 1.54) is 11.3 Å². The van der Waals surface area contributed by atoms with Gasteiger partial charge < -0.3 is 4.74 Å². The second-order valence-electron chi connectivity index (χ2n) is 3.56. The Labute approximate surface area is 112 Å². The number of hydrogen-bond acceptors (Lipinski definition) is 5. The summed E-state index contributed by atoms with van der Waals surface area (Å²) >= 11 is 7.45. The second kappa shape index (κ2) is 4.51. The fourth-order valence-corrected chi connectivity index (χ4v) is 2.65. The molecule has 0 radical (unpaired) electrons. The zero-order chi connectivity index (χ0) is 12.5. The van der Waals surface area contributed by atoms with Crippen LogP contribution in [-0.4, -0.2) is 22.1 Å². The summed E-state index contributed by atoms with van der Waals surface area (Å²) in [5.41, 5.74) is 1.50. The predicted octanol–water partition coefficient (Wildman–Crippen LogP) is 3.42. The number of rotatable bonds is 2. The van der Waals surface area contributed by atoms with Crippen molar-refractivity contribution in [2.24, 2.45) is 0 Å². The van der Waals surface area contributed by atoms with Crippen LogP contribution in [0, 0.1) is 0 Å². The van der Waals surface area contributed by atoms with Crippen LogP contribution in [0.1, 0.15) is 0 Å². The molecule has 3 aromatic heterocycles. The minimum absolute atomic E-state index is 0.234. The van der Waals surface area contributed by atoms with E-state index >= 15 is 0 Å². The molecule has 0 aromatic carbocycles. The van der Waals surface area contributed by atoms with Crippen molar-refractivity contribution in [2.45, 2.75) is 0 Å². The molecular formula is C12H8ClN3OS. The summed E-state index contributed by atoms with van der Waals surface area (Å²) in [6.45, 7) is 0. The molecule has 0 aliphatic heterocycles. The van der Waals surface area contributed by atoms with Crippen LogP contribution in [0.15, 0.2) is 29.8 Å². The second-order valence-corrected chi connectivity index (χ2v) is 4.80. The van der Waals surface area contributed by atoms with Gasteiger partial charge in [0.25, 0.3) is 0 Å². The molecule has 0 aliphatic rings. The van der Waals surface area contributed by atoms with Gasteiger partial charge in [0.1, 0.15) is 16.3 Å². The monoisotopic (exact) mass is 277 g/mol. The van der Waals surface area contributed by atoms with Gasteiger partial charge in [-0.3, -0.25) is 4.98 Å². The van der Waals surface area contributed by atoms with E-state index in [1.807, 2.05) is 23.6 Å². The minimum Gasteiger partial charge on any atom is -0.495 e. The van der Waals surface area contributed by atoms with Crippen LogP contribution in [-0.2, 0) is 0 Å². The summed E-state index contributed by atoms with van der Waals surface area (Å²) < 4.78 is 5.08. The number of halogens is 1. The first-order valence-corrected chi connectivity index (χ1v) is 6.45. The van der Waals surface area contributed by atoms with Crippen molar-refractivity contribution in [3.63, 3.8) is 0 Å². The van der Waals surface area contributed by atoms with E-state index in [0.717, 1.165) is 21.6 Å². The first-order chi connectivity index (χ1) is 8.78. The maximum Gasteiger partial charge on any atom is 0.224 e.